The summed E-state index contributed by atoms with van der Waals surface area (Å²) in [6.07, 6.45) is 3.03. The monoisotopic (exact) mass is 688 g/mol. The van der Waals surface area contributed by atoms with Crippen LogP contribution < -0.4 is 0 Å². The molecule has 4 aliphatic rings. The molecule has 2 aromatic rings. The van der Waals surface area contributed by atoms with Crippen LogP contribution in [0.15, 0.2) is 43.8 Å². The average Bonchev–Trinajstić information content (AvgIpc) is 3.66. The largest absolute Gasteiger partial charge is 0.389 e. The number of oxime groups is 2. The Bertz CT molecular complexity index is 1230. The quantitative estimate of drug-likeness (QED) is 0.429. The molecule has 0 radical (unpaired) electrons. The fourth-order valence-corrected chi connectivity index (χ4v) is 5.13. The Morgan fingerprint density at radius 3 is 1.43 bits per heavy atom. The highest BCUT2D eigenvalue weighted by Gasteiger charge is 2.43. The third-order valence-electron chi connectivity index (χ3n) is 6.44. The Hall–Kier alpha value is -2.10. The average molecular weight is 690 g/mol. The van der Waals surface area contributed by atoms with Crippen LogP contribution in [0.25, 0.3) is 0 Å². The van der Waals surface area contributed by atoms with Gasteiger partial charge in [0, 0.05) is 34.2 Å². The van der Waals surface area contributed by atoms with Crippen molar-refractivity contribution in [2.45, 2.75) is 76.5 Å². The van der Waals surface area contributed by atoms with Crippen molar-refractivity contribution in [2.75, 3.05) is 13.2 Å². The lowest BCUT2D eigenvalue weighted by Crippen LogP contribution is -2.31. The number of rotatable bonds is 4. The lowest BCUT2D eigenvalue weighted by atomic mass is 10.1. The topological polar surface area (TPSA) is 106 Å². The fraction of sp³-hybridized carbons (Fsp3) is 0.538. The van der Waals surface area contributed by atoms with Crippen LogP contribution in [-0.2, 0) is 28.6 Å². The van der Waals surface area contributed by atoms with Gasteiger partial charge in [0.15, 0.2) is 35.4 Å². The zero-order chi connectivity index (χ0) is 28.7. The summed E-state index contributed by atoms with van der Waals surface area (Å²) in [6, 6.07) is 2.72. The third kappa shape index (κ3) is 6.85. The van der Waals surface area contributed by atoms with Crippen molar-refractivity contribution >= 4 is 43.3 Å². The number of ether oxygens (including phenoxy) is 4. The molecule has 4 atom stereocenters. The molecule has 6 heterocycles. The maximum absolute atomic E-state index is 13.8. The second-order valence-corrected chi connectivity index (χ2v) is 12.3. The van der Waals surface area contributed by atoms with Gasteiger partial charge in [0.1, 0.15) is 35.0 Å². The zero-order valence-corrected chi connectivity index (χ0v) is 25.4. The van der Waals surface area contributed by atoms with Crippen molar-refractivity contribution in [3.05, 3.63) is 56.5 Å². The Balaban J connectivity index is 0.000000161. The van der Waals surface area contributed by atoms with E-state index >= 15 is 0 Å². The van der Waals surface area contributed by atoms with Crippen molar-refractivity contribution in [1.82, 2.24) is 9.97 Å². The maximum Gasteiger partial charge on any atom is 0.163 e. The zero-order valence-electron chi connectivity index (χ0n) is 22.2. The van der Waals surface area contributed by atoms with E-state index in [1.807, 2.05) is 27.7 Å². The Morgan fingerprint density at radius 1 is 0.700 bits per heavy atom. The van der Waals surface area contributed by atoms with Crippen molar-refractivity contribution in [2.24, 2.45) is 10.3 Å². The number of halogens is 4. The third-order valence-corrected chi connectivity index (χ3v) is 7.31. The molecule has 0 amide bonds. The van der Waals surface area contributed by atoms with Crippen LogP contribution in [0.2, 0.25) is 0 Å². The molecule has 14 heteroatoms. The van der Waals surface area contributed by atoms with Gasteiger partial charge in [-0.15, -0.1) is 0 Å². The van der Waals surface area contributed by atoms with Gasteiger partial charge in [-0.05, 0) is 71.7 Å². The summed E-state index contributed by atoms with van der Waals surface area (Å²) in [5.74, 6) is -2.08. The van der Waals surface area contributed by atoms with Crippen LogP contribution in [0.4, 0.5) is 8.78 Å². The summed E-state index contributed by atoms with van der Waals surface area (Å²) in [4.78, 5) is 18.8. The molecule has 10 nitrogen and oxygen atoms in total. The van der Waals surface area contributed by atoms with Gasteiger partial charge in [0.05, 0.1) is 13.2 Å². The number of pyridine rings is 2. The predicted octanol–water partition coefficient (Wildman–Crippen LogP) is 5.26. The Kier molecular flexibility index (Phi) is 8.56. The molecule has 216 valence electrons. The van der Waals surface area contributed by atoms with E-state index in [-0.39, 0.29) is 35.8 Å². The van der Waals surface area contributed by atoms with E-state index in [9.17, 15) is 8.78 Å². The van der Waals surface area contributed by atoms with Gasteiger partial charge >= 0.3 is 0 Å². The molecular formula is C26H28Br2F2N4O6. The van der Waals surface area contributed by atoms with E-state index in [2.05, 4.69) is 52.1 Å². The standard InChI is InChI=1S/2C13H14BrFN2O3/c2*1-13(2)18-6-11(19-13)10-4-9(17-20-10)12-8(15)3-7(14)5-16-12/h2*3,5,10-11H,4,6H2,1-2H3/t10-,11+;10-,11-/m01/s1. The second-order valence-electron chi connectivity index (χ2n) is 10.5. The molecule has 2 fully saturated rings. The molecule has 40 heavy (non-hydrogen) atoms. The first-order valence-electron chi connectivity index (χ1n) is 12.6. The van der Waals surface area contributed by atoms with Gasteiger partial charge in [0.2, 0.25) is 0 Å². The first-order chi connectivity index (χ1) is 18.9. The maximum atomic E-state index is 13.8. The van der Waals surface area contributed by atoms with Gasteiger partial charge < -0.3 is 28.6 Å². The smallest absolute Gasteiger partial charge is 0.163 e. The molecule has 0 spiro atoms. The van der Waals surface area contributed by atoms with E-state index in [1.54, 1.807) is 0 Å². The molecule has 0 saturated carbocycles. The number of nitrogens with zero attached hydrogens (tertiary/aromatic N) is 4. The highest BCUT2D eigenvalue weighted by Crippen LogP contribution is 2.31. The van der Waals surface area contributed by atoms with Crippen LogP contribution in [0.3, 0.4) is 0 Å². The van der Waals surface area contributed by atoms with Crippen molar-refractivity contribution in [3.8, 4) is 0 Å². The summed E-state index contributed by atoms with van der Waals surface area (Å²) in [6.45, 7) is 8.27. The Morgan fingerprint density at radius 2 is 1.10 bits per heavy atom. The first kappa shape index (κ1) is 29.4. The predicted molar refractivity (Wildman–Crippen MR) is 146 cm³/mol. The number of hydrogen-bond acceptors (Lipinski definition) is 10. The van der Waals surface area contributed by atoms with E-state index in [0.717, 1.165) is 0 Å². The molecule has 0 unspecified atom stereocenters. The van der Waals surface area contributed by atoms with Crippen LogP contribution in [0, 0.1) is 11.6 Å². The van der Waals surface area contributed by atoms with E-state index in [1.165, 1.54) is 24.5 Å². The highest BCUT2D eigenvalue weighted by molar-refractivity contribution is 9.10. The summed E-state index contributed by atoms with van der Waals surface area (Å²) < 4.78 is 51.3. The molecule has 0 bridgehead atoms. The number of hydrogen-bond donors (Lipinski definition) is 0. The van der Waals surface area contributed by atoms with Crippen molar-refractivity contribution in [3.63, 3.8) is 0 Å². The van der Waals surface area contributed by atoms with Crippen LogP contribution >= 0.6 is 31.9 Å². The lowest BCUT2D eigenvalue weighted by Gasteiger charge is -2.19. The van der Waals surface area contributed by atoms with Gasteiger partial charge in [0.25, 0.3) is 0 Å². The molecule has 0 aliphatic carbocycles. The van der Waals surface area contributed by atoms with Gasteiger partial charge in [-0.25, -0.2) is 8.78 Å². The first-order valence-corrected chi connectivity index (χ1v) is 14.2. The summed E-state index contributed by atoms with van der Waals surface area (Å²) in [5, 5.41) is 7.87. The summed E-state index contributed by atoms with van der Waals surface area (Å²) >= 11 is 6.35. The molecule has 6 rings (SSSR count). The van der Waals surface area contributed by atoms with E-state index in [0.29, 0.717) is 46.4 Å². The van der Waals surface area contributed by atoms with E-state index < -0.39 is 23.2 Å². The lowest BCUT2D eigenvalue weighted by molar-refractivity contribution is -0.154. The number of aromatic nitrogens is 2. The normalized spacial score (nSPS) is 28.3. The summed E-state index contributed by atoms with van der Waals surface area (Å²) in [5.41, 5.74) is 1.42. The SMILES string of the molecule is CC1(C)OC[C@H]([C@@H]2CC(c3ncc(Br)cc3F)=NO2)O1.CC1(C)OC[C@H]([C@H]2CC(c3ncc(Br)cc3F)=NO2)O1. The minimum absolute atomic E-state index is 0.204. The Labute approximate surface area is 246 Å². The fourth-order valence-electron chi connectivity index (χ4n) is 4.52. The molecular weight excluding hydrogens is 662 g/mol. The van der Waals surface area contributed by atoms with Crippen LogP contribution in [0.1, 0.15) is 51.9 Å². The molecule has 2 saturated heterocycles. The molecule has 0 N–H and O–H groups in total. The molecule has 4 aliphatic heterocycles. The van der Waals surface area contributed by atoms with Gasteiger partial charge in [-0.1, -0.05) is 10.3 Å². The summed E-state index contributed by atoms with van der Waals surface area (Å²) in [7, 11) is 0. The van der Waals surface area contributed by atoms with E-state index in [4.69, 9.17) is 28.6 Å². The van der Waals surface area contributed by atoms with Crippen molar-refractivity contribution < 1.29 is 37.4 Å². The second kappa shape index (κ2) is 11.6. The molecule has 0 aromatic carbocycles. The van der Waals surface area contributed by atoms with Gasteiger partial charge in [-0.3, -0.25) is 9.97 Å². The van der Waals surface area contributed by atoms with Gasteiger partial charge in [-0.2, -0.15) is 0 Å². The molecule has 2 aromatic heterocycles. The highest BCUT2D eigenvalue weighted by atomic mass is 79.9. The van der Waals surface area contributed by atoms with Crippen LogP contribution in [-0.4, -0.2) is 70.6 Å². The minimum atomic E-state index is -0.613. The minimum Gasteiger partial charge on any atom is -0.389 e. The van der Waals surface area contributed by atoms with Crippen molar-refractivity contribution in [1.29, 1.82) is 0 Å². The van der Waals surface area contributed by atoms with Crippen LogP contribution in [0.5, 0.6) is 0 Å².